The van der Waals surface area contributed by atoms with Gasteiger partial charge in [0.2, 0.25) is 5.91 Å². The van der Waals surface area contributed by atoms with Crippen LogP contribution in [0.1, 0.15) is 36.2 Å². The number of carbonyl (C=O) groups excluding carboxylic acids is 2. The number of piperidine rings is 1. The van der Waals surface area contributed by atoms with Crippen LogP contribution in [0, 0.1) is 5.92 Å². The SMILES string of the molecule is O=C(N[C@H]1CCCN(C(=O)C2CC2)C1)c1ccc(Cl)cn1. The molecule has 21 heavy (non-hydrogen) atoms. The van der Waals surface area contributed by atoms with Crippen LogP contribution in [-0.2, 0) is 4.79 Å². The molecule has 0 unspecified atom stereocenters. The van der Waals surface area contributed by atoms with Gasteiger partial charge in [-0.1, -0.05) is 11.6 Å². The molecule has 0 radical (unpaired) electrons. The monoisotopic (exact) mass is 307 g/mol. The van der Waals surface area contributed by atoms with Gasteiger partial charge >= 0.3 is 0 Å². The van der Waals surface area contributed by atoms with Crippen LogP contribution in [-0.4, -0.2) is 40.8 Å². The lowest BCUT2D eigenvalue weighted by atomic mass is 10.0. The molecule has 1 atom stereocenters. The van der Waals surface area contributed by atoms with Crippen molar-refractivity contribution in [2.75, 3.05) is 13.1 Å². The molecule has 5 nitrogen and oxygen atoms in total. The van der Waals surface area contributed by atoms with Gasteiger partial charge in [-0.2, -0.15) is 0 Å². The Labute approximate surface area is 128 Å². The number of hydrogen-bond donors (Lipinski definition) is 1. The minimum absolute atomic E-state index is 0.00595. The molecule has 0 bridgehead atoms. The summed E-state index contributed by atoms with van der Waals surface area (Å²) in [6.07, 6.45) is 5.31. The van der Waals surface area contributed by atoms with Gasteiger partial charge in [0.15, 0.2) is 0 Å². The molecule has 3 rings (SSSR count). The van der Waals surface area contributed by atoms with Gasteiger partial charge in [0.25, 0.3) is 5.91 Å². The molecule has 1 saturated heterocycles. The molecule has 0 spiro atoms. The van der Waals surface area contributed by atoms with E-state index in [1.54, 1.807) is 12.1 Å². The molecule has 2 aliphatic rings. The third-order valence-corrected chi connectivity index (χ3v) is 4.18. The van der Waals surface area contributed by atoms with Crippen LogP contribution < -0.4 is 5.32 Å². The van der Waals surface area contributed by atoms with Crippen LogP contribution in [0.5, 0.6) is 0 Å². The van der Waals surface area contributed by atoms with Crippen molar-refractivity contribution in [3.8, 4) is 0 Å². The van der Waals surface area contributed by atoms with E-state index >= 15 is 0 Å². The maximum absolute atomic E-state index is 12.1. The topological polar surface area (TPSA) is 62.3 Å². The molecule has 2 amide bonds. The van der Waals surface area contributed by atoms with Crippen LogP contribution in [0.25, 0.3) is 0 Å². The predicted molar refractivity (Wildman–Crippen MR) is 79.0 cm³/mol. The van der Waals surface area contributed by atoms with Crippen molar-refractivity contribution in [2.24, 2.45) is 5.92 Å². The molecule has 112 valence electrons. The van der Waals surface area contributed by atoms with Crippen molar-refractivity contribution < 1.29 is 9.59 Å². The summed E-state index contributed by atoms with van der Waals surface area (Å²) < 4.78 is 0. The Balaban J connectivity index is 1.57. The first kappa shape index (κ1) is 14.3. The average molecular weight is 308 g/mol. The summed E-state index contributed by atoms with van der Waals surface area (Å²) in [6.45, 7) is 1.41. The molecule has 1 N–H and O–H groups in total. The van der Waals surface area contributed by atoms with E-state index in [4.69, 9.17) is 11.6 Å². The summed E-state index contributed by atoms with van der Waals surface area (Å²) in [4.78, 5) is 30.1. The number of hydrogen-bond acceptors (Lipinski definition) is 3. The molecule has 1 aliphatic carbocycles. The van der Waals surface area contributed by atoms with Gasteiger partial charge in [0.05, 0.1) is 5.02 Å². The van der Waals surface area contributed by atoms with Crippen LogP contribution in [0.4, 0.5) is 0 Å². The van der Waals surface area contributed by atoms with Crippen LogP contribution in [0.2, 0.25) is 5.02 Å². The first-order valence-corrected chi connectivity index (χ1v) is 7.72. The molecular weight excluding hydrogens is 290 g/mol. The second-order valence-corrected chi connectivity index (χ2v) is 6.17. The van der Waals surface area contributed by atoms with Crippen LogP contribution in [0.3, 0.4) is 0 Å². The van der Waals surface area contributed by atoms with Crippen molar-refractivity contribution in [3.05, 3.63) is 29.0 Å². The van der Waals surface area contributed by atoms with E-state index < -0.39 is 0 Å². The highest BCUT2D eigenvalue weighted by atomic mass is 35.5. The van der Waals surface area contributed by atoms with Crippen molar-refractivity contribution >= 4 is 23.4 Å². The molecule has 2 heterocycles. The predicted octanol–water partition coefficient (Wildman–Crippen LogP) is 1.87. The molecule has 1 aromatic heterocycles. The molecule has 0 aromatic carbocycles. The van der Waals surface area contributed by atoms with Crippen LogP contribution >= 0.6 is 11.6 Å². The Morgan fingerprint density at radius 3 is 2.76 bits per heavy atom. The quantitative estimate of drug-likeness (QED) is 0.927. The van der Waals surface area contributed by atoms with Gasteiger partial charge < -0.3 is 10.2 Å². The summed E-state index contributed by atoms with van der Waals surface area (Å²) in [7, 11) is 0. The van der Waals surface area contributed by atoms with Crippen molar-refractivity contribution in [2.45, 2.75) is 31.7 Å². The van der Waals surface area contributed by atoms with Crippen molar-refractivity contribution in [3.63, 3.8) is 0 Å². The number of halogens is 1. The Morgan fingerprint density at radius 2 is 2.10 bits per heavy atom. The zero-order chi connectivity index (χ0) is 14.8. The van der Waals surface area contributed by atoms with E-state index in [0.29, 0.717) is 17.3 Å². The van der Waals surface area contributed by atoms with E-state index in [1.165, 1.54) is 6.20 Å². The zero-order valence-electron chi connectivity index (χ0n) is 11.7. The number of carbonyl (C=O) groups is 2. The molecule has 1 saturated carbocycles. The maximum Gasteiger partial charge on any atom is 0.270 e. The van der Waals surface area contributed by atoms with Crippen LogP contribution in [0.15, 0.2) is 18.3 Å². The lowest BCUT2D eigenvalue weighted by Crippen LogP contribution is -2.50. The van der Waals surface area contributed by atoms with E-state index in [0.717, 1.165) is 32.2 Å². The number of nitrogens with zero attached hydrogens (tertiary/aromatic N) is 2. The van der Waals surface area contributed by atoms with Gasteiger partial charge in [-0.05, 0) is 37.8 Å². The van der Waals surface area contributed by atoms with E-state index in [2.05, 4.69) is 10.3 Å². The van der Waals surface area contributed by atoms with Gasteiger partial charge in [0.1, 0.15) is 5.69 Å². The number of aromatic nitrogens is 1. The van der Waals surface area contributed by atoms with Crippen molar-refractivity contribution in [1.29, 1.82) is 0 Å². The molecule has 1 aromatic rings. The summed E-state index contributed by atoms with van der Waals surface area (Å²) in [5, 5.41) is 3.47. The minimum atomic E-state index is -0.211. The molecule has 6 heteroatoms. The second kappa shape index (κ2) is 6.02. The Kier molecular flexibility index (Phi) is 4.10. The lowest BCUT2D eigenvalue weighted by Gasteiger charge is -2.33. The van der Waals surface area contributed by atoms with Gasteiger partial charge in [-0.25, -0.2) is 4.98 Å². The Hall–Kier alpha value is -1.62. The smallest absolute Gasteiger partial charge is 0.270 e. The molecular formula is C15H18ClN3O2. The Bertz CT molecular complexity index is 542. The van der Waals surface area contributed by atoms with E-state index in [-0.39, 0.29) is 23.8 Å². The number of nitrogens with one attached hydrogen (secondary N) is 1. The molecule has 1 aliphatic heterocycles. The number of likely N-dealkylation sites (tertiary alicyclic amines) is 1. The summed E-state index contributed by atoms with van der Waals surface area (Å²) in [5.41, 5.74) is 0.352. The fourth-order valence-electron chi connectivity index (χ4n) is 2.65. The number of amides is 2. The lowest BCUT2D eigenvalue weighted by molar-refractivity contribution is -0.133. The number of pyridine rings is 1. The maximum atomic E-state index is 12.1. The molecule has 2 fully saturated rings. The summed E-state index contributed by atoms with van der Waals surface area (Å²) in [6, 6.07) is 3.26. The third kappa shape index (κ3) is 3.53. The minimum Gasteiger partial charge on any atom is -0.346 e. The van der Waals surface area contributed by atoms with Gasteiger partial charge in [0, 0.05) is 31.2 Å². The fraction of sp³-hybridized carbons (Fsp3) is 0.533. The second-order valence-electron chi connectivity index (χ2n) is 5.73. The Morgan fingerprint density at radius 1 is 1.29 bits per heavy atom. The van der Waals surface area contributed by atoms with E-state index in [1.807, 2.05) is 4.90 Å². The summed E-state index contributed by atoms with van der Waals surface area (Å²) in [5.74, 6) is 0.272. The largest absolute Gasteiger partial charge is 0.346 e. The summed E-state index contributed by atoms with van der Waals surface area (Å²) >= 11 is 5.76. The van der Waals surface area contributed by atoms with Gasteiger partial charge in [-0.15, -0.1) is 0 Å². The highest BCUT2D eigenvalue weighted by Crippen LogP contribution is 2.31. The first-order valence-electron chi connectivity index (χ1n) is 7.34. The third-order valence-electron chi connectivity index (χ3n) is 3.95. The standard InChI is InChI=1S/C15H18ClN3O2/c16-11-5-6-13(17-8-11)14(20)18-12-2-1-7-19(9-12)15(21)10-3-4-10/h5-6,8,10,12H,1-4,7,9H2,(H,18,20)/t12-/m0/s1. The highest BCUT2D eigenvalue weighted by Gasteiger charge is 2.35. The highest BCUT2D eigenvalue weighted by molar-refractivity contribution is 6.30. The van der Waals surface area contributed by atoms with Gasteiger partial charge in [-0.3, -0.25) is 9.59 Å². The van der Waals surface area contributed by atoms with Crippen molar-refractivity contribution in [1.82, 2.24) is 15.2 Å². The first-order chi connectivity index (χ1) is 10.1. The van der Waals surface area contributed by atoms with E-state index in [9.17, 15) is 9.59 Å². The normalized spacial score (nSPS) is 22.0. The average Bonchev–Trinajstić information content (AvgIpc) is 3.32. The zero-order valence-corrected chi connectivity index (χ0v) is 12.5. The number of rotatable bonds is 3. The fourth-order valence-corrected chi connectivity index (χ4v) is 2.76.